The predicted octanol–water partition coefficient (Wildman–Crippen LogP) is 2.68. The van der Waals surface area contributed by atoms with E-state index in [0.717, 1.165) is 0 Å². The van der Waals surface area contributed by atoms with E-state index < -0.39 is 12.0 Å². The van der Waals surface area contributed by atoms with Gasteiger partial charge in [0, 0.05) is 25.1 Å². The average Bonchev–Trinajstić information content (AvgIpc) is 2.49. The number of esters is 1. The second-order valence-corrected chi connectivity index (χ2v) is 5.87. The Hall–Kier alpha value is -2.37. The summed E-state index contributed by atoms with van der Waals surface area (Å²) in [5, 5.41) is 9.65. The van der Waals surface area contributed by atoms with Crippen LogP contribution in [0.4, 0.5) is 5.69 Å². The maximum Gasteiger partial charge on any atom is 0.306 e. The Labute approximate surface area is 142 Å². The Morgan fingerprint density at radius 2 is 1.88 bits per heavy atom. The molecule has 0 spiro atoms. The van der Waals surface area contributed by atoms with Crippen LogP contribution in [0.25, 0.3) is 0 Å². The van der Waals surface area contributed by atoms with Crippen molar-refractivity contribution in [2.24, 2.45) is 5.92 Å². The average molecular weight is 335 g/mol. The van der Waals surface area contributed by atoms with Crippen molar-refractivity contribution in [3.8, 4) is 5.75 Å². The third-order valence-corrected chi connectivity index (χ3v) is 3.57. The summed E-state index contributed by atoms with van der Waals surface area (Å²) in [5.41, 5.74) is 0.450. The summed E-state index contributed by atoms with van der Waals surface area (Å²) in [6.07, 6.45) is -0.00798. The third-order valence-electron chi connectivity index (χ3n) is 3.57. The number of carbonyl (C=O) groups is 3. The van der Waals surface area contributed by atoms with Gasteiger partial charge in [-0.2, -0.15) is 0 Å². The van der Waals surface area contributed by atoms with Gasteiger partial charge in [0.05, 0.1) is 19.1 Å². The number of ether oxygens (including phenoxy) is 1. The molecule has 0 bridgehead atoms. The molecule has 0 saturated carbocycles. The van der Waals surface area contributed by atoms with Crippen LogP contribution in [-0.4, -0.2) is 35.4 Å². The largest absolute Gasteiger partial charge is 0.508 e. The van der Waals surface area contributed by atoms with Crippen LogP contribution in [0.5, 0.6) is 5.75 Å². The Balaban J connectivity index is 3.03. The molecule has 1 N–H and O–H groups in total. The zero-order valence-electron chi connectivity index (χ0n) is 14.6. The zero-order chi connectivity index (χ0) is 18.3. The van der Waals surface area contributed by atoms with E-state index in [-0.39, 0.29) is 42.8 Å². The van der Waals surface area contributed by atoms with Crippen LogP contribution < -0.4 is 4.90 Å². The van der Waals surface area contributed by atoms with E-state index in [1.807, 2.05) is 13.8 Å². The number of nitrogens with zero attached hydrogens (tertiary/aromatic N) is 1. The van der Waals surface area contributed by atoms with Gasteiger partial charge in [-0.1, -0.05) is 19.9 Å². The van der Waals surface area contributed by atoms with E-state index in [1.54, 1.807) is 19.1 Å². The van der Waals surface area contributed by atoms with Gasteiger partial charge in [-0.3, -0.25) is 14.4 Å². The summed E-state index contributed by atoms with van der Waals surface area (Å²) < 4.78 is 4.84. The zero-order valence-corrected chi connectivity index (χ0v) is 14.6. The van der Waals surface area contributed by atoms with Crippen molar-refractivity contribution in [2.45, 2.75) is 46.6 Å². The number of aromatic hydroxyl groups is 1. The van der Waals surface area contributed by atoms with Gasteiger partial charge in [-0.15, -0.1) is 0 Å². The lowest BCUT2D eigenvalue weighted by atomic mass is 9.94. The molecule has 0 heterocycles. The number of Topliss-reactive ketones (excluding diaryl/α,β-unsaturated/α-hetero) is 1. The number of amides is 1. The number of phenols is 1. The van der Waals surface area contributed by atoms with Gasteiger partial charge in [0.1, 0.15) is 5.75 Å². The maximum absolute atomic E-state index is 12.6. The van der Waals surface area contributed by atoms with E-state index in [1.165, 1.54) is 24.0 Å². The topological polar surface area (TPSA) is 83.9 Å². The van der Waals surface area contributed by atoms with Gasteiger partial charge in [0.25, 0.3) is 0 Å². The molecule has 6 heteroatoms. The number of hydrogen-bond acceptors (Lipinski definition) is 5. The molecule has 6 nitrogen and oxygen atoms in total. The highest BCUT2D eigenvalue weighted by molar-refractivity contribution is 6.01. The highest BCUT2D eigenvalue weighted by atomic mass is 16.5. The fraction of sp³-hybridized carbons (Fsp3) is 0.500. The van der Waals surface area contributed by atoms with Crippen LogP contribution in [0.1, 0.15) is 40.5 Å². The first kappa shape index (κ1) is 19.7. The molecular weight excluding hydrogens is 310 g/mol. The second kappa shape index (κ2) is 9.05. The summed E-state index contributed by atoms with van der Waals surface area (Å²) in [5.74, 6) is -1.08. The van der Waals surface area contributed by atoms with Crippen LogP contribution >= 0.6 is 0 Å². The fourth-order valence-electron chi connectivity index (χ4n) is 2.60. The van der Waals surface area contributed by atoms with Crippen molar-refractivity contribution in [1.82, 2.24) is 0 Å². The van der Waals surface area contributed by atoms with Gasteiger partial charge in [0.2, 0.25) is 5.91 Å². The summed E-state index contributed by atoms with van der Waals surface area (Å²) in [7, 11) is 0. The summed E-state index contributed by atoms with van der Waals surface area (Å²) in [6.45, 7) is 7.02. The normalized spacial score (nSPS) is 11.9. The molecule has 1 rings (SSSR count). The molecule has 24 heavy (non-hydrogen) atoms. The van der Waals surface area contributed by atoms with Gasteiger partial charge in [-0.25, -0.2) is 0 Å². The number of hydrogen-bond donors (Lipinski definition) is 1. The Kier molecular flexibility index (Phi) is 7.42. The monoisotopic (exact) mass is 335 g/mol. The van der Waals surface area contributed by atoms with Crippen molar-refractivity contribution in [1.29, 1.82) is 0 Å². The van der Waals surface area contributed by atoms with Crippen molar-refractivity contribution < 1.29 is 24.2 Å². The molecular formula is C18H25NO5. The number of anilines is 1. The molecule has 132 valence electrons. The molecule has 0 aliphatic rings. The summed E-state index contributed by atoms with van der Waals surface area (Å²) >= 11 is 0. The van der Waals surface area contributed by atoms with Crippen LogP contribution in [-0.2, 0) is 19.1 Å². The minimum atomic E-state index is -0.710. The standard InChI is InChI=1S/C18H25NO5/c1-5-24-17(23)10-9-16(22)18(12(2)3)19(13(4)20)14-7-6-8-15(21)11-14/h6-8,11-12,18,21H,5,9-10H2,1-4H3. The van der Waals surface area contributed by atoms with Crippen LogP contribution in [0.2, 0.25) is 0 Å². The molecule has 1 atom stereocenters. The van der Waals surface area contributed by atoms with Crippen LogP contribution in [0.15, 0.2) is 24.3 Å². The number of ketones is 1. The van der Waals surface area contributed by atoms with Crippen LogP contribution in [0, 0.1) is 5.92 Å². The van der Waals surface area contributed by atoms with E-state index in [9.17, 15) is 19.5 Å². The number of rotatable bonds is 8. The number of phenolic OH excluding ortho intramolecular Hbond substituents is 1. The minimum Gasteiger partial charge on any atom is -0.508 e. The lowest BCUT2D eigenvalue weighted by molar-refractivity contribution is -0.144. The molecule has 0 aromatic heterocycles. The molecule has 0 aliphatic carbocycles. The molecule has 0 radical (unpaired) electrons. The van der Waals surface area contributed by atoms with E-state index in [0.29, 0.717) is 5.69 Å². The Morgan fingerprint density at radius 1 is 1.21 bits per heavy atom. The number of carbonyl (C=O) groups excluding carboxylic acids is 3. The first-order chi connectivity index (χ1) is 11.3. The van der Waals surface area contributed by atoms with E-state index >= 15 is 0 Å². The number of benzene rings is 1. The minimum absolute atomic E-state index is 0.00424. The first-order valence-corrected chi connectivity index (χ1v) is 8.05. The molecule has 1 aromatic carbocycles. The third kappa shape index (κ3) is 5.37. The van der Waals surface area contributed by atoms with Crippen molar-refractivity contribution in [3.05, 3.63) is 24.3 Å². The van der Waals surface area contributed by atoms with Crippen molar-refractivity contribution in [3.63, 3.8) is 0 Å². The molecule has 0 aliphatic heterocycles. The van der Waals surface area contributed by atoms with Gasteiger partial charge in [0.15, 0.2) is 5.78 Å². The quantitative estimate of drug-likeness (QED) is 0.738. The summed E-state index contributed by atoms with van der Waals surface area (Å²) in [6, 6.07) is 5.50. The molecule has 1 amide bonds. The fourth-order valence-corrected chi connectivity index (χ4v) is 2.60. The second-order valence-electron chi connectivity index (χ2n) is 5.87. The Morgan fingerprint density at radius 3 is 2.38 bits per heavy atom. The lowest BCUT2D eigenvalue weighted by Gasteiger charge is -2.32. The Bertz CT molecular complexity index is 597. The summed E-state index contributed by atoms with van der Waals surface area (Å²) in [4.78, 5) is 37.6. The molecule has 0 saturated heterocycles. The first-order valence-electron chi connectivity index (χ1n) is 8.05. The van der Waals surface area contributed by atoms with E-state index in [4.69, 9.17) is 4.74 Å². The predicted molar refractivity (Wildman–Crippen MR) is 90.8 cm³/mol. The van der Waals surface area contributed by atoms with E-state index in [2.05, 4.69) is 0 Å². The SMILES string of the molecule is CCOC(=O)CCC(=O)C(C(C)C)N(C(C)=O)c1cccc(O)c1. The molecule has 1 aromatic rings. The van der Waals surface area contributed by atoms with Gasteiger partial charge < -0.3 is 14.7 Å². The maximum atomic E-state index is 12.6. The highest BCUT2D eigenvalue weighted by Crippen LogP contribution is 2.26. The smallest absolute Gasteiger partial charge is 0.306 e. The highest BCUT2D eigenvalue weighted by Gasteiger charge is 2.32. The molecule has 0 fully saturated rings. The van der Waals surface area contributed by atoms with Gasteiger partial charge >= 0.3 is 5.97 Å². The van der Waals surface area contributed by atoms with Gasteiger partial charge in [-0.05, 0) is 25.0 Å². The molecule has 1 unspecified atom stereocenters. The van der Waals surface area contributed by atoms with Crippen molar-refractivity contribution in [2.75, 3.05) is 11.5 Å². The van der Waals surface area contributed by atoms with Crippen molar-refractivity contribution >= 4 is 23.3 Å². The van der Waals surface area contributed by atoms with Crippen LogP contribution in [0.3, 0.4) is 0 Å². The lowest BCUT2D eigenvalue weighted by Crippen LogP contribution is -2.47.